The van der Waals surface area contributed by atoms with Gasteiger partial charge in [-0.1, -0.05) is 30.3 Å². The van der Waals surface area contributed by atoms with E-state index in [1.54, 1.807) is 16.7 Å². The molecule has 0 radical (unpaired) electrons. The van der Waals surface area contributed by atoms with E-state index < -0.39 is 12.9 Å². The van der Waals surface area contributed by atoms with Crippen LogP contribution in [-0.4, -0.2) is 27.3 Å². The van der Waals surface area contributed by atoms with Crippen molar-refractivity contribution in [3.05, 3.63) is 78.4 Å². The quantitative estimate of drug-likeness (QED) is 0.615. The van der Waals surface area contributed by atoms with Crippen molar-refractivity contribution in [3.63, 3.8) is 0 Å². The number of pyridine rings is 2. The van der Waals surface area contributed by atoms with Crippen LogP contribution in [-0.2, 0) is 0 Å². The Morgan fingerprint density at radius 1 is 1.08 bits per heavy atom. The minimum atomic E-state index is -2.57. The van der Waals surface area contributed by atoms with Crippen molar-refractivity contribution in [1.29, 1.82) is 0 Å². The number of aryl methyl sites for hydroxylation is 1. The molecule has 1 N–H and O–H groups in total. The maximum atomic E-state index is 12.4. The van der Waals surface area contributed by atoms with Gasteiger partial charge in [0.2, 0.25) is 0 Å². The number of aromatic nitrogens is 3. The van der Waals surface area contributed by atoms with Gasteiger partial charge in [0, 0.05) is 28.5 Å². The van der Waals surface area contributed by atoms with Crippen molar-refractivity contribution in [2.75, 3.05) is 6.98 Å². The average Bonchev–Trinajstić information content (AvgIpc) is 3.10. The largest absolute Gasteiger partial charge is 0.354 e. The molecule has 1 aromatic carbocycles. The summed E-state index contributed by atoms with van der Waals surface area (Å²) in [7, 11) is 0. The first-order valence-electron chi connectivity index (χ1n) is 9.65. The van der Waals surface area contributed by atoms with Crippen LogP contribution in [0.25, 0.3) is 28.0 Å². The van der Waals surface area contributed by atoms with Crippen molar-refractivity contribution < 1.29 is 8.91 Å². The van der Waals surface area contributed by atoms with Gasteiger partial charge in [-0.05, 0) is 42.3 Å². The monoisotopic (exact) mass is 345 g/mol. The van der Waals surface area contributed by atoms with Gasteiger partial charge in [0.25, 0.3) is 5.91 Å². The molecule has 5 nitrogen and oxygen atoms in total. The number of carbonyl (C=O) groups excluding carboxylic acids is 1. The molecule has 4 rings (SSSR count). The number of amides is 1. The molecule has 0 atom stereocenters. The van der Waals surface area contributed by atoms with Gasteiger partial charge in [0.1, 0.15) is 11.3 Å². The Labute approximate surface area is 155 Å². The molecule has 0 unspecified atom stereocenters. The summed E-state index contributed by atoms with van der Waals surface area (Å²) in [4.78, 5) is 21.2. The molecule has 3 heterocycles. The molecule has 0 bridgehead atoms. The van der Waals surface area contributed by atoms with Gasteiger partial charge in [-0.3, -0.25) is 14.2 Å². The molecule has 1 amide bonds. The minimum Gasteiger partial charge on any atom is -0.354 e. The Morgan fingerprint density at radius 3 is 2.73 bits per heavy atom. The highest BCUT2D eigenvalue weighted by Gasteiger charge is 2.13. The topological polar surface area (TPSA) is 59.3 Å². The number of hydrogen-bond acceptors (Lipinski definition) is 3. The fraction of sp³-hybridized carbons (Fsp3) is 0.0952. The third-order valence-electron chi connectivity index (χ3n) is 4.25. The van der Waals surface area contributed by atoms with Crippen LogP contribution in [0.4, 0.5) is 0 Å². The third-order valence-corrected chi connectivity index (χ3v) is 4.25. The molecule has 0 spiro atoms. The lowest BCUT2D eigenvalue weighted by Gasteiger charge is -2.11. The molecule has 0 aliphatic carbocycles. The molecule has 0 fully saturated rings. The second-order valence-corrected chi connectivity index (χ2v) is 5.95. The molecule has 0 aliphatic heterocycles. The second kappa shape index (κ2) is 6.44. The number of carbonyl (C=O) groups is 1. The van der Waals surface area contributed by atoms with Crippen molar-refractivity contribution >= 4 is 11.6 Å². The van der Waals surface area contributed by atoms with Crippen molar-refractivity contribution in [3.8, 4) is 22.4 Å². The highest BCUT2D eigenvalue weighted by atomic mass is 16.1. The summed E-state index contributed by atoms with van der Waals surface area (Å²) >= 11 is 0. The lowest BCUT2D eigenvalue weighted by molar-refractivity contribution is 0.0957. The Balaban J connectivity index is 1.82. The van der Waals surface area contributed by atoms with E-state index in [0.29, 0.717) is 5.65 Å². The normalized spacial score (nSPS) is 13.0. The van der Waals surface area contributed by atoms with Gasteiger partial charge >= 0.3 is 0 Å². The van der Waals surface area contributed by atoms with E-state index >= 15 is 0 Å². The van der Waals surface area contributed by atoms with Crippen LogP contribution in [0.2, 0.25) is 0 Å². The van der Waals surface area contributed by atoms with Crippen LogP contribution in [0.3, 0.4) is 0 Å². The minimum absolute atomic E-state index is 0.157. The maximum absolute atomic E-state index is 12.4. The van der Waals surface area contributed by atoms with E-state index in [2.05, 4.69) is 9.97 Å². The molecule has 26 heavy (non-hydrogen) atoms. The number of nitrogens with one attached hydrogen (secondary N) is 1. The molecule has 0 aliphatic rings. The number of imidazole rings is 1. The molecular weight excluding hydrogens is 324 g/mol. The lowest BCUT2D eigenvalue weighted by Crippen LogP contribution is -2.19. The first kappa shape index (κ1) is 12.8. The molecule has 3 aromatic heterocycles. The number of nitrogens with zero attached hydrogens (tertiary/aromatic N) is 3. The maximum Gasteiger partial charge on any atom is 0.269 e. The highest BCUT2D eigenvalue weighted by Crippen LogP contribution is 2.31. The van der Waals surface area contributed by atoms with Gasteiger partial charge in [-0.15, -0.1) is 0 Å². The average molecular weight is 345 g/mol. The summed E-state index contributed by atoms with van der Waals surface area (Å²) in [5, 5.41) is 2.01. The summed E-state index contributed by atoms with van der Waals surface area (Å²) in [5.41, 5.74) is 5.25. The fourth-order valence-electron chi connectivity index (χ4n) is 3.02. The standard InChI is InChI=1S/C21H18N4O/c1-14-6-5-9-18(24-14)17-8-4-3-7-16(17)15-10-11-20-23-12-19(21(26)22-2)25(20)13-15/h3-13H,1-2H3,(H,22,26)/i2D3. The van der Waals surface area contributed by atoms with Crippen LogP contribution in [0, 0.1) is 6.92 Å². The zero-order chi connectivity index (χ0) is 20.6. The highest BCUT2D eigenvalue weighted by molar-refractivity contribution is 5.93. The summed E-state index contributed by atoms with van der Waals surface area (Å²) in [6.07, 6.45) is 3.15. The predicted molar refractivity (Wildman–Crippen MR) is 102 cm³/mol. The number of benzene rings is 1. The van der Waals surface area contributed by atoms with E-state index in [0.717, 1.165) is 28.1 Å². The first-order valence-corrected chi connectivity index (χ1v) is 8.15. The van der Waals surface area contributed by atoms with Crippen LogP contribution >= 0.6 is 0 Å². The third kappa shape index (κ3) is 2.73. The zero-order valence-electron chi connectivity index (χ0n) is 17.1. The Kier molecular flexibility index (Phi) is 3.18. The Hall–Kier alpha value is -3.47. The van der Waals surface area contributed by atoms with Gasteiger partial charge < -0.3 is 5.32 Å². The van der Waals surface area contributed by atoms with Gasteiger partial charge in [-0.2, -0.15) is 0 Å². The van der Waals surface area contributed by atoms with Gasteiger partial charge in [0.05, 0.1) is 11.9 Å². The molecule has 128 valence electrons. The van der Waals surface area contributed by atoms with Gasteiger partial charge in [0.15, 0.2) is 0 Å². The van der Waals surface area contributed by atoms with Crippen molar-refractivity contribution in [1.82, 2.24) is 19.7 Å². The van der Waals surface area contributed by atoms with E-state index in [1.807, 2.05) is 60.8 Å². The zero-order valence-corrected chi connectivity index (χ0v) is 14.1. The molecule has 0 saturated carbocycles. The fourth-order valence-corrected chi connectivity index (χ4v) is 3.02. The first-order chi connectivity index (χ1) is 13.8. The summed E-state index contributed by atoms with van der Waals surface area (Å²) < 4.78 is 23.4. The van der Waals surface area contributed by atoms with E-state index in [9.17, 15) is 4.79 Å². The van der Waals surface area contributed by atoms with Crippen LogP contribution in [0.1, 0.15) is 20.3 Å². The number of rotatable bonds is 3. The molecule has 4 aromatic rings. The number of hydrogen-bond donors (Lipinski definition) is 1. The predicted octanol–water partition coefficient (Wildman–Crippen LogP) is 3.73. The van der Waals surface area contributed by atoms with E-state index in [4.69, 9.17) is 4.11 Å². The summed E-state index contributed by atoms with van der Waals surface area (Å²) in [6.45, 7) is -0.623. The second-order valence-electron chi connectivity index (χ2n) is 5.95. The van der Waals surface area contributed by atoms with E-state index in [1.165, 1.54) is 6.20 Å². The van der Waals surface area contributed by atoms with Crippen LogP contribution in [0.5, 0.6) is 0 Å². The summed E-state index contributed by atoms with van der Waals surface area (Å²) in [5.74, 6) is -0.705. The molecular formula is C21H18N4O. The lowest BCUT2D eigenvalue weighted by atomic mass is 9.98. The SMILES string of the molecule is [2H]C([2H])([2H])NC(=O)c1cnc2ccc(-c3ccccc3-c3cccc(C)n3)cn12. The van der Waals surface area contributed by atoms with Crippen molar-refractivity contribution in [2.24, 2.45) is 0 Å². The summed E-state index contributed by atoms with van der Waals surface area (Å²) in [6, 6.07) is 17.4. The number of fused-ring (bicyclic) bond motifs is 1. The van der Waals surface area contributed by atoms with Crippen molar-refractivity contribution in [2.45, 2.75) is 6.92 Å². The van der Waals surface area contributed by atoms with Crippen LogP contribution in [0.15, 0.2) is 67.0 Å². The molecule has 5 heteroatoms. The smallest absolute Gasteiger partial charge is 0.269 e. The Morgan fingerprint density at radius 2 is 1.92 bits per heavy atom. The molecule has 0 saturated heterocycles. The van der Waals surface area contributed by atoms with Gasteiger partial charge in [-0.25, -0.2) is 4.98 Å². The van der Waals surface area contributed by atoms with Crippen LogP contribution < -0.4 is 5.32 Å². The Bertz CT molecular complexity index is 1210. The van der Waals surface area contributed by atoms with E-state index in [-0.39, 0.29) is 5.69 Å².